The molecule has 0 aliphatic carbocycles. The van der Waals surface area contributed by atoms with Crippen LogP contribution in [-0.2, 0) is 0 Å². The Morgan fingerprint density at radius 1 is 0.298 bits per heavy atom. The highest BCUT2D eigenvalue weighted by atomic mass is 32.1. The summed E-state index contributed by atoms with van der Waals surface area (Å²) in [5.41, 5.74) is 10.7. The molecule has 264 valence electrons. The molecule has 0 aliphatic rings. The van der Waals surface area contributed by atoms with Crippen molar-refractivity contribution in [3.8, 4) is 33.4 Å². The van der Waals surface area contributed by atoms with E-state index < -0.39 is 0 Å². The van der Waals surface area contributed by atoms with Crippen LogP contribution in [0.1, 0.15) is 0 Å². The van der Waals surface area contributed by atoms with Crippen molar-refractivity contribution in [3.05, 3.63) is 182 Å². The third-order valence-corrected chi connectivity index (χ3v) is 13.2. The second kappa shape index (κ2) is 11.7. The van der Waals surface area contributed by atoms with Crippen LogP contribution < -0.4 is 0 Å². The van der Waals surface area contributed by atoms with Gasteiger partial charge < -0.3 is 8.83 Å². The molecule has 0 bridgehead atoms. The van der Waals surface area contributed by atoms with Crippen molar-refractivity contribution in [1.82, 2.24) is 0 Å². The van der Waals surface area contributed by atoms with Crippen LogP contribution in [-0.4, -0.2) is 0 Å². The summed E-state index contributed by atoms with van der Waals surface area (Å²) in [7, 11) is 0. The van der Waals surface area contributed by atoms with Gasteiger partial charge in [-0.1, -0.05) is 146 Å². The second-order valence-electron chi connectivity index (χ2n) is 15.1. The molecule has 0 radical (unpaired) electrons. The number of hydrogen-bond acceptors (Lipinski definition) is 3. The first kappa shape index (κ1) is 31.1. The number of benzene rings is 10. The van der Waals surface area contributed by atoms with Gasteiger partial charge in [0.05, 0.1) is 0 Å². The van der Waals surface area contributed by atoms with Gasteiger partial charge in [-0.15, -0.1) is 11.3 Å². The molecule has 0 atom stereocenters. The zero-order valence-corrected chi connectivity index (χ0v) is 31.4. The van der Waals surface area contributed by atoms with E-state index in [1.165, 1.54) is 74.7 Å². The maximum atomic E-state index is 6.86. The number of para-hydroxylation sites is 1. The average molecular weight is 743 g/mol. The van der Waals surface area contributed by atoms with Crippen LogP contribution in [0.5, 0.6) is 0 Å². The minimum atomic E-state index is 0.863. The lowest BCUT2D eigenvalue weighted by Gasteiger charge is -2.18. The summed E-state index contributed by atoms with van der Waals surface area (Å²) in [6, 6.07) is 66.0. The predicted molar refractivity (Wildman–Crippen MR) is 243 cm³/mol. The lowest BCUT2D eigenvalue weighted by molar-refractivity contribution is 0.663. The molecule has 3 aromatic heterocycles. The van der Waals surface area contributed by atoms with Gasteiger partial charge in [-0.2, -0.15) is 0 Å². The van der Waals surface area contributed by atoms with Gasteiger partial charge in [-0.05, 0) is 96.5 Å². The Balaban J connectivity index is 1.02. The summed E-state index contributed by atoms with van der Waals surface area (Å²) < 4.78 is 15.8. The van der Waals surface area contributed by atoms with Crippen LogP contribution in [0.25, 0.3) is 130 Å². The average Bonchev–Trinajstić information content (AvgIpc) is 3.95. The predicted octanol–water partition coefficient (Wildman–Crippen LogP) is 16.3. The van der Waals surface area contributed by atoms with Crippen LogP contribution in [0.3, 0.4) is 0 Å². The van der Waals surface area contributed by atoms with E-state index in [1.54, 1.807) is 0 Å². The minimum absolute atomic E-state index is 0.863. The van der Waals surface area contributed by atoms with Gasteiger partial charge in [0, 0.05) is 47.3 Å². The second-order valence-corrected chi connectivity index (χ2v) is 16.2. The Bertz CT molecular complexity index is 3750. The Hall–Kier alpha value is -7.20. The molecule has 0 saturated carbocycles. The molecule has 0 amide bonds. The Labute approximate surface area is 330 Å². The van der Waals surface area contributed by atoms with Crippen molar-refractivity contribution in [2.75, 3.05) is 0 Å². The van der Waals surface area contributed by atoms with Crippen molar-refractivity contribution in [2.45, 2.75) is 0 Å². The molecule has 0 fully saturated rings. The number of fused-ring (bicyclic) bond motifs is 13. The molecule has 57 heavy (non-hydrogen) atoms. The molecular formula is C54H30O2S. The first-order valence-corrected chi connectivity index (χ1v) is 20.2. The fourth-order valence-corrected chi connectivity index (χ4v) is 10.7. The Morgan fingerprint density at radius 3 is 1.53 bits per heavy atom. The van der Waals surface area contributed by atoms with Crippen LogP contribution in [0.15, 0.2) is 191 Å². The first-order chi connectivity index (χ1) is 28.3. The number of thiophene rings is 1. The van der Waals surface area contributed by atoms with E-state index in [0.717, 1.165) is 55.0 Å². The number of furan rings is 2. The quantitative estimate of drug-likeness (QED) is 0.169. The molecule has 3 heterocycles. The van der Waals surface area contributed by atoms with Crippen molar-refractivity contribution in [2.24, 2.45) is 0 Å². The number of hydrogen-bond donors (Lipinski definition) is 0. The van der Waals surface area contributed by atoms with Gasteiger partial charge in [-0.25, -0.2) is 0 Å². The van der Waals surface area contributed by atoms with E-state index in [-0.39, 0.29) is 0 Å². The first-order valence-electron chi connectivity index (χ1n) is 19.4. The van der Waals surface area contributed by atoms with Gasteiger partial charge in [0.1, 0.15) is 22.3 Å². The fraction of sp³-hybridized carbons (Fsp3) is 0. The van der Waals surface area contributed by atoms with E-state index in [9.17, 15) is 0 Å². The third-order valence-electron chi connectivity index (χ3n) is 12.0. The lowest BCUT2D eigenvalue weighted by atomic mass is 9.85. The van der Waals surface area contributed by atoms with Crippen molar-refractivity contribution < 1.29 is 8.83 Å². The lowest BCUT2D eigenvalue weighted by Crippen LogP contribution is -1.91. The van der Waals surface area contributed by atoms with Crippen LogP contribution >= 0.6 is 11.3 Å². The van der Waals surface area contributed by atoms with Crippen molar-refractivity contribution in [3.63, 3.8) is 0 Å². The van der Waals surface area contributed by atoms with E-state index in [0.29, 0.717) is 0 Å². The van der Waals surface area contributed by atoms with E-state index in [1.807, 2.05) is 29.5 Å². The largest absolute Gasteiger partial charge is 0.456 e. The summed E-state index contributed by atoms with van der Waals surface area (Å²) in [6.45, 7) is 0. The van der Waals surface area contributed by atoms with Gasteiger partial charge in [-0.3, -0.25) is 0 Å². The standard InChI is InChI=1S/C54H30O2S/c1-2-12-35-33(11-1)29-43-53-46(28-27-45-52(53)42-18-7-9-19-44(42)55-45)56-54(43)51(35)32-23-21-31(22-24-32)49-38-14-3-5-16-40(38)50(41-17-6-4-15-39(41)49)34-25-26-37-36-13-8-10-20-47(36)57-48(37)30-34/h1-30H. The monoisotopic (exact) mass is 742 g/mol. The maximum absolute atomic E-state index is 6.86. The fourth-order valence-electron chi connectivity index (χ4n) is 9.60. The molecule has 0 saturated heterocycles. The maximum Gasteiger partial charge on any atom is 0.143 e. The van der Waals surface area contributed by atoms with Crippen LogP contribution in [0, 0.1) is 0 Å². The zero-order valence-electron chi connectivity index (χ0n) is 30.5. The molecule has 13 aromatic rings. The smallest absolute Gasteiger partial charge is 0.143 e. The molecule has 0 N–H and O–H groups in total. The van der Waals surface area contributed by atoms with Gasteiger partial charge in [0.25, 0.3) is 0 Å². The summed E-state index contributed by atoms with van der Waals surface area (Å²) in [6.07, 6.45) is 0. The van der Waals surface area contributed by atoms with E-state index >= 15 is 0 Å². The van der Waals surface area contributed by atoms with Crippen molar-refractivity contribution in [1.29, 1.82) is 0 Å². The number of rotatable bonds is 3. The highest BCUT2D eigenvalue weighted by molar-refractivity contribution is 7.25. The molecule has 0 aliphatic heterocycles. The highest BCUT2D eigenvalue weighted by Crippen LogP contribution is 2.48. The summed E-state index contributed by atoms with van der Waals surface area (Å²) in [5.74, 6) is 0. The topological polar surface area (TPSA) is 26.3 Å². The van der Waals surface area contributed by atoms with Crippen LogP contribution in [0.4, 0.5) is 0 Å². The van der Waals surface area contributed by atoms with Crippen molar-refractivity contribution >= 4 is 108 Å². The molecule has 0 spiro atoms. The van der Waals surface area contributed by atoms with Crippen LogP contribution in [0.2, 0.25) is 0 Å². The minimum Gasteiger partial charge on any atom is -0.456 e. The summed E-state index contributed by atoms with van der Waals surface area (Å²) in [5, 5.41) is 14.4. The normalized spacial score (nSPS) is 12.2. The third kappa shape index (κ3) is 4.40. The molecule has 0 unspecified atom stereocenters. The molecular weight excluding hydrogens is 713 g/mol. The summed E-state index contributed by atoms with van der Waals surface area (Å²) in [4.78, 5) is 0. The molecule has 2 nitrogen and oxygen atoms in total. The Morgan fingerprint density at radius 2 is 0.807 bits per heavy atom. The highest BCUT2D eigenvalue weighted by Gasteiger charge is 2.22. The SMILES string of the molecule is c1ccc2c(-c3ccc(-c4c5ccccc5c(-c5ccc6c(c5)sc5ccccc56)c5ccccc45)cc3)c3oc4ccc5oc6ccccc6c5c4c3cc2c1. The zero-order chi connectivity index (χ0) is 37.2. The van der Waals surface area contributed by atoms with Gasteiger partial charge in [0.15, 0.2) is 0 Å². The molecule has 10 aromatic carbocycles. The van der Waals surface area contributed by atoms with Gasteiger partial charge in [0.2, 0.25) is 0 Å². The van der Waals surface area contributed by atoms with E-state index in [4.69, 9.17) is 8.83 Å². The van der Waals surface area contributed by atoms with E-state index in [2.05, 4.69) is 164 Å². The molecule has 13 rings (SSSR count). The Kier molecular flexibility index (Phi) is 6.35. The summed E-state index contributed by atoms with van der Waals surface area (Å²) >= 11 is 1.87. The van der Waals surface area contributed by atoms with Gasteiger partial charge >= 0.3 is 0 Å². The molecule has 3 heteroatoms.